The summed E-state index contributed by atoms with van der Waals surface area (Å²) >= 11 is 0. The van der Waals surface area contributed by atoms with Crippen LogP contribution in [0.4, 0.5) is 0 Å². The zero-order valence-corrected chi connectivity index (χ0v) is 11.2. The van der Waals surface area contributed by atoms with Crippen molar-refractivity contribution >= 4 is 5.78 Å². The van der Waals surface area contributed by atoms with Crippen molar-refractivity contribution in [1.82, 2.24) is 0 Å². The quantitative estimate of drug-likeness (QED) is 0.614. The number of carbonyl (C=O) groups is 1. The summed E-state index contributed by atoms with van der Waals surface area (Å²) in [6.45, 7) is 3.97. The van der Waals surface area contributed by atoms with Gasteiger partial charge in [0, 0.05) is 19.4 Å². The highest BCUT2D eigenvalue weighted by Crippen LogP contribution is 2.31. The van der Waals surface area contributed by atoms with E-state index >= 15 is 0 Å². The van der Waals surface area contributed by atoms with E-state index in [4.69, 9.17) is 9.47 Å². The molecule has 3 heteroatoms. The van der Waals surface area contributed by atoms with E-state index in [-0.39, 0.29) is 0 Å². The van der Waals surface area contributed by atoms with Crippen LogP contribution in [0.15, 0.2) is 0 Å². The largest absolute Gasteiger partial charge is 0.382 e. The molecular weight excluding hydrogens is 216 g/mol. The maximum absolute atomic E-state index is 12.0. The summed E-state index contributed by atoms with van der Waals surface area (Å²) in [6, 6.07) is 0. The topological polar surface area (TPSA) is 35.5 Å². The minimum Gasteiger partial charge on any atom is -0.382 e. The molecule has 0 heterocycles. The number of ether oxygens (including phenoxy) is 2. The molecule has 0 N–H and O–H groups in total. The number of ketones is 1. The Morgan fingerprint density at radius 1 is 1.24 bits per heavy atom. The van der Waals surface area contributed by atoms with Crippen LogP contribution in [0.3, 0.4) is 0 Å². The molecule has 1 fully saturated rings. The number of rotatable bonds is 8. The van der Waals surface area contributed by atoms with E-state index in [2.05, 4.69) is 6.92 Å². The van der Waals surface area contributed by atoms with Gasteiger partial charge in [-0.15, -0.1) is 0 Å². The lowest BCUT2D eigenvalue weighted by Gasteiger charge is -2.27. The highest BCUT2D eigenvalue weighted by atomic mass is 16.5. The normalized spacial score (nSPS) is 24.8. The first-order chi connectivity index (χ1) is 8.27. The smallest absolute Gasteiger partial charge is 0.138 e. The number of carbonyl (C=O) groups excluding carboxylic acids is 1. The zero-order chi connectivity index (χ0) is 12.5. The van der Waals surface area contributed by atoms with Crippen LogP contribution in [0.5, 0.6) is 0 Å². The van der Waals surface area contributed by atoms with E-state index in [0.29, 0.717) is 37.9 Å². The summed E-state index contributed by atoms with van der Waals surface area (Å²) in [4.78, 5) is 12.0. The first-order valence-corrected chi connectivity index (χ1v) is 6.87. The Hall–Kier alpha value is -0.410. The lowest BCUT2D eigenvalue weighted by Crippen LogP contribution is -2.23. The Kier molecular flexibility index (Phi) is 7.45. The molecule has 0 aromatic rings. The van der Waals surface area contributed by atoms with Crippen LogP contribution in [0.25, 0.3) is 0 Å². The Labute approximate surface area is 105 Å². The summed E-state index contributed by atoms with van der Waals surface area (Å²) in [6.07, 6.45) is 6.52. The van der Waals surface area contributed by atoms with Crippen molar-refractivity contribution in [1.29, 1.82) is 0 Å². The standard InChI is InChI=1S/C14H26O3/c1-3-12-5-4-6-13(11-12)14(15)7-8-17-10-9-16-2/h12-13H,3-11H2,1-2H3. The molecule has 17 heavy (non-hydrogen) atoms. The number of methoxy groups -OCH3 is 1. The minimum absolute atomic E-state index is 0.305. The van der Waals surface area contributed by atoms with Crippen molar-refractivity contribution in [3.63, 3.8) is 0 Å². The number of hydrogen-bond donors (Lipinski definition) is 0. The van der Waals surface area contributed by atoms with Crippen molar-refractivity contribution < 1.29 is 14.3 Å². The van der Waals surface area contributed by atoms with Gasteiger partial charge >= 0.3 is 0 Å². The maximum Gasteiger partial charge on any atom is 0.138 e. The summed E-state index contributed by atoms with van der Waals surface area (Å²) in [7, 11) is 1.65. The minimum atomic E-state index is 0.305. The van der Waals surface area contributed by atoms with Crippen LogP contribution in [0, 0.1) is 11.8 Å². The second-order valence-corrected chi connectivity index (χ2v) is 4.96. The molecule has 0 radical (unpaired) electrons. The zero-order valence-electron chi connectivity index (χ0n) is 11.2. The summed E-state index contributed by atoms with van der Waals surface area (Å²) in [5.74, 6) is 1.48. The van der Waals surface area contributed by atoms with Gasteiger partial charge in [-0.05, 0) is 18.8 Å². The Bertz CT molecular complexity index is 216. The van der Waals surface area contributed by atoms with Gasteiger partial charge in [-0.3, -0.25) is 4.79 Å². The predicted octanol–water partition coefficient (Wildman–Crippen LogP) is 2.83. The third-order valence-corrected chi connectivity index (χ3v) is 3.74. The molecule has 0 aliphatic heterocycles. The number of Topliss-reactive ketones (excluding diaryl/α,β-unsaturated/α-hetero) is 1. The van der Waals surface area contributed by atoms with Crippen LogP contribution in [0.1, 0.15) is 45.4 Å². The number of hydrogen-bond acceptors (Lipinski definition) is 3. The maximum atomic E-state index is 12.0. The van der Waals surface area contributed by atoms with Crippen molar-refractivity contribution in [2.45, 2.75) is 45.4 Å². The summed E-state index contributed by atoms with van der Waals surface area (Å²) < 4.78 is 10.2. The molecule has 1 saturated carbocycles. The molecular formula is C14H26O3. The second-order valence-electron chi connectivity index (χ2n) is 4.96. The van der Waals surface area contributed by atoms with E-state index < -0.39 is 0 Å². The molecule has 100 valence electrons. The molecule has 0 spiro atoms. The fraction of sp³-hybridized carbons (Fsp3) is 0.929. The summed E-state index contributed by atoms with van der Waals surface area (Å²) in [5.41, 5.74) is 0. The van der Waals surface area contributed by atoms with Gasteiger partial charge in [0.2, 0.25) is 0 Å². The van der Waals surface area contributed by atoms with Gasteiger partial charge in [-0.25, -0.2) is 0 Å². The fourth-order valence-electron chi connectivity index (χ4n) is 2.58. The van der Waals surface area contributed by atoms with Gasteiger partial charge in [0.15, 0.2) is 0 Å². The molecule has 0 aromatic heterocycles. The van der Waals surface area contributed by atoms with E-state index in [1.165, 1.54) is 19.3 Å². The first-order valence-electron chi connectivity index (χ1n) is 6.87. The van der Waals surface area contributed by atoms with Crippen LogP contribution in [0.2, 0.25) is 0 Å². The molecule has 1 aliphatic rings. The van der Waals surface area contributed by atoms with E-state index in [1.54, 1.807) is 7.11 Å². The third kappa shape index (κ3) is 5.64. The molecule has 3 nitrogen and oxygen atoms in total. The lowest BCUT2D eigenvalue weighted by atomic mass is 9.78. The average Bonchev–Trinajstić information content (AvgIpc) is 2.38. The highest BCUT2D eigenvalue weighted by molar-refractivity contribution is 5.81. The van der Waals surface area contributed by atoms with Gasteiger partial charge in [-0.1, -0.05) is 26.2 Å². The average molecular weight is 242 g/mol. The van der Waals surface area contributed by atoms with Gasteiger partial charge in [0.1, 0.15) is 5.78 Å². The summed E-state index contributed by atoms with van der Waals surface area (Å²) in [5, 5.41) is 0. The molecule has 0 saturated heterocycles. The third-order valence-electron chi connectivity index (χ3n) is 3.74. The fourth-order valence-corrected chi connectivity index (χ4v) is 2.58. The van der Waals surface area contributed by atoms with Crippen molar-refractivity contribution in [3.8, 4) is 0 Å². The molecule has 0 aromatic carbocycles. The van der Waals surface area contributed by atoms with Crippen molar-refractivity contribution in [2.24, 2.45) is 11.8 Å². The van der Waals surface area contributed by atoms with Crippen LogP contribution in [-0.4, -0.2) is 32.7 Å². The van der Waals surface area contributed by atoms with Gasteiger partial charge in [0.25, 0.3) is 0 Å². The Balaban J connectivity index is 2.14. The van der Waals surface area contributed by atoms with E-state index in [9.17, 15) is 4.79 Å². The Morgan fingerprint density at radius 2 is 2.06 bits per heavy atom. The van der Waals surface area contributed by atoms with Gasteiger partial charge < -0.3 is 9.47 Å². The second kappa shape index (κ2) is 8.65. The molecule has 0 bridgehead atoms. The van der Waals surface area contributed by atoms with E-state index in [0.717, 1.165) is 18.8 Å². The lowest BCUT2D eigenvalue weighted by molar-refractivity contribution is -0.125. The van der Waals surface area contributed by atoms with Crippen molar-refractivity contribution in [3.05, 3.63) is 0 Å². The highest BCUT2D eigenvalue weighted by Gasteiger charge is 2.25. The molecule has 0 amide bonds. The van der Waals surface area contributed by atoms with Gasteiger partial charge in [-0.2, -0.15) is 0 Å². The Morgan fingerprint density at radius 3 is 2.76 bits per heavy atom. The van der Waals surface area contributed by atoms with Crippen molar-refractivity contribution in [2.75, 3.05) is 26.9 Å². The molecule has 1 aliphatic carbocycles. The van der Waals surface area contributed by atoms with Gasteiger partial charge in [0.05, 0.1) is 19.8 Å². The first kappa shape index (κ1) is 14.7. The SMILES string of the molecule is CCC1CCCC(C(=O)CCOCCOC)C1. The molecule has 2 unspecified atom stereocenters. The monoisotopic (exact) mass is 242 g/mol. The molecule has 2 atom stereocenters. The van der Waals surface area contributed by atoms with Crippen LogP contribution < -0.4 is 0 Å². The molecule has 1 rings (SSSR count). The van der Waals surface area contributed by atoms with E-state index in [1.807, 2.05) is 0 Å². The van der Waals surface area contributed by atoms with Crippen LogP contribution in [-0.2, 0) is 14.3 Å². The predicted molar refractivity (Wildman–Crippen MR) is 68.1 cm³/mol. The van der Waals surface area contributed by atoms with Crippen LogP contribution >= 0.6 is 0 Å².